The summed E-state index contributed by atoms with van der Waals surface area (Å²) in [5.74, 6) is 0.0315. The number of nitrogens with one attached hydrogen (secondary N) is 2. The normalized spacial score (nSPS) is 15.0. The number of nitrogen functional groups attached to an aromatic ring is 1. The number of morpholine rings is 1. The maximum absolute atomic E-state index is 13.1. The van der Waals surface area contributed by atoms with Crippen LogP contribution < -0.4 is 26.1 Å². The van der Waals surface area contributed by atoms with Crippen molar-refractivity contribution in [3.05, 3.63) is 45.9 Å². The number of anilines is 1. The molecule has 3 aromatic heterocycles. The Kier molecular flexibility index (Phi) is 5.65. The minimum Gasteiger partial charge on any atom is -0.370 e. The number of hydrogen-bond donors (Lipinski definition) is 3. The third-order valence-electron chi connectivity index (χ3n) is 5.70. The van der Waals surface area contributed by atoms with E-state index >= 15 is 0 Å². The Balaban J connectivity index is 1.70. The van der Waals surface area contributed by atoms with E-state index < -0.39 is 0 Å². The topological polar surface area (TPSA) is 107 Å². The summed E-state index contributed by atoms with van der Waals surface area (Å²) in [6.45, 7) is 9.07. The Labute approximate surface area is 174 Å². The van der Waals surface area contributed by atoms with E-state index in [0.29, 0.717) is 41.2 Å². The highest BCUT2D eigenvalue weighted by atomic mass is 16.5. The number of amides is 1. The van der Waals surface area contributed by atoms with Gasteiger partial charge in [0.1, 0.15) is 24.0 Å². The van der Waals surface area contributed by atoms with Gasteiger partial charge in [-0.05, 0) is 26.0 Å². The molecule has 0 radical (unpaired) electrons. The van der Waals surface area contributed by atoms with Crippen molar-refractivity contribution in [2.75, 3.05) is 45.1 Å². The van der Waals surface area contributed by atoms with E-state index in [4.69, 9.17) is 15.5 Å². The van der Waals surface area contributed by atoms with Crippen LogP contribution in [-0.2, 0) is 11.3 Å². The van der Waals surface area contributed by atoms with Crippen molar-refractivity contribution in [2.24, 2.45) is 0 Å². The standard InChI is InChI=1S/C21H26N6O3/c1-3-26-17(22)15(20(28)23-6-8-25-9-11-30-12-10-25)13-16-19(26)24-18-14(2)5-4-7-27(18)21(16)29/h4-5,7,13,22H,3,6,8-12H2,1-2H3,(H,23,28)/p+2. The van der Waals surface area contributed by atoms with Gasteiger partial charge in [0.2, 0.25) is 11.5 Å². The highest BCUT2D eigenvalue weighted by molar-refractivity contribution is 6.00. The average molecular weight is 412 g/mol. The molecule has 0 aromatic carbocycles. The number of ether oxygens (including phenoxy) is 1. The summed E-state index contributed by atoms with van der Waals surface area (Å²) in [5.41, 5.74) is 8.39. The molecule has 0 spiro atoms. The lowest BCUT2D eigenvalue weighted by Crippen LogP contribution is -3.14. The Hall–Kier alpha value is -3.04. The number of hydrogen-bond acceptors (Lipinski definition) is 5. The molecule has 158 valence electrons. The third-order valence-corrected chi connectivity index (χ3v) is 5.70. The van der Waals surface area contributed by atoms with Crippen molar-refractivity contribution in [1.29, 1.82) is 0 Å². The van der Waals surface area contributed by atoms with E-state index in [2.05, 4.69) is 5.32 Å². The molecular formula is C21H28N6O3+2. The van der Waals surface area contributed by atoms with Crippen molar-refractivity contribution in [3.63, 3.8) is 0 Å². The van der Waals surface area contributed by atoms with Crippen LogP contribution in [0.25, 0.3) is 16.7 Å². The average Bonchev–Trinajstić information content (AvgIpc) is 2.75. The molecule has 30 heavy (non-hydrogen) atoms. The third kappa shape index (κ3) is 3.61. The van der Waals surface area contributed by atoms with E-state index in [9.17, 15) is 9.59 Å². The van der Waals surface area contributed by atoms with Gasteiger partial charge in [-0.25, -0.2) is 4.57 Å². The summed E-state index contributed by atoms with van der Waals surface area (Å²) in [5, 5.41) is 3.32. The van der Waals surface area contributed by atoms with Crippen molar-refractivity contribution >= 4 is 28.4 Å². The lowest BCUT2D eigenvalue weighted by molar-refractivity contribution is -0.906. The van der Waals surface area contributed by atoms with Gasteiger partial charge in [-0.2, -0.15) is 0 Å². The van der Waals surface area contributed by atoms with Gasteiger partial charge < -0.3 is 20.7 Å². The fourth-order valence-corrected chi connectivity index (χ4v) is 3.97. The maximum Gasteiger partial charge on any atom is 0.278 e. The number of quaternary nitrogens is 1. The highest BCUT2D eigenvalue weighted by Gasteiger charge is 2.24. The summed E-state index contributed by atoms with van der Waals surface area (Å²) in [7, 11) is 0. The predicted molar refractivity (Wildman–Crippen MR) is 113 cm³/mol. The Morgan fingerprint density at radius 3 is 2.90 bits per heavy atom. The number of nitrogens with two attached hydrogens (primary N) is 1. The quantitative estimate of drug-likeness (QED) is 0.356. The number of pyridine rings is 2. The van der Waals surface area contributed by atoms with Crippen LogP contribution in [0.5, 0.6) is 0 Å². The van der Waals surface area contributed by atoms with Crippen LogP contribution in [0.2, 0.25) is 0 Å². The molecule has 1 fully saturated rings. The molecule has 4 N–H and O–H groups in total. The van der Waals surface area contributed by atoms with Gasteiger partial charge >= 0.3 is 0 Å². The van der Waals surface area contributed by atoms with Gasteiger partial charge in [0.15, 0.2) is 0 Å². The monoisotopic (exact) mass is 412 g/mol. The van der Waals surface area contributed by atoms with Crippen molar-refractivity contribution in [1.82, 2.24) is 14.7 Å². The molecular weight excluding hydrogens is 384 g/mol. The van der Waals surface area contributed by atoms with Gasteiger partial charge in [0.25, 0.3) is 17.1 Å². The summed E-state index contributed by atoms with van der Waals surface area (Å²) in [4.78, 5) is 32.1. The SMILES string of the molecule is CC[n+]1c(N)c(C(=O)NCC[NH+]2CCOCC2)cc2c(=O)n3cccc(C)c3nc21. The second-order valence-corrected chi connectivity index (χ2v) is 7.59. The summed E-state index contributed by atoms with van der Waals surface area (Å²) < 4.78 is 8.60. The number of carbonyl (C=O) groups is 1. The fraction of sp³-hybridized carbons (Fsp3) is 0.429. The molecule has 4 heterocycles. The largest absolute Gasteiger partial charge is 0.370 e. The van der Waals surface area contributed by atoms with E-state index in [1.807, 2.05) is 26.0 Å². The smallest absolute Gasteiger partial charge is 0.278 e. The number of nitrogens with zero attached hydrogens (tertiary/aromatic N) is 3. The molecule has 0 unspecified atom stereocenters. The molecule has 3 aromatic rings. The number of aryl methyl sites for hydroxylation is 2. The molecule has 1 amide bonds. The summed E-state index contributed by atoms with van der Waals surface area (Å²) in [6, 6.07) is 5.29. The van der Waals surface area contributed by atoms with E-state index in [-0.39, 0.29) is 11.5 Å². The first-order valence-corrected chi connectivity index (χ1v) is 10.3. The van der Waals surface area contributed by atoms with Gasteiger partial charge in [0, 0.05) is 11.8 Å². The van der Waals surface area contributed by atoms with Crippen LogP contribution in [0.3, 0.4) is 0 Å². The molecule has 9 heteroatoms. The first-order chi connectivity index (χ1) is 14.5. The molecule has 1 aliphatic rings. The number of rotatable bonds is 5. The highest BCUT2D eigenvalue weighted by Crippen LogP contribution is 2.15. The van der Waals surface area contributed by atoms with E-state index in [1.165, 1.54) is 9.30 Å². The fourth-order valence-electron chi connectivity index (χ4n) is 3.97. The van der Waals surface area contributed by atoms with E-state index in [0.717, 1.165) is 38.4 Å². The number of aromatic nitrogens is 3. The summed E-state index contributed by atoms with van der Waals surface area (Å²) >= 11 is 0. The molecule has 0 aliphatic carbocycles. The van der Waals surface area contributed by atoms with Gasteiger partial charge in [-0.1, -0.05) is 11.1 Å². The second-order valence-electron chi connectivity index (χ2n) is 7.59. The molecule has 4 rings (SSSR count). The number of carbonyl (C=O) groups excluding carboxylic acids is 1. The van der Waals surface area contributed by atoms with Crippen LogP contribution >= 0.6 is 0 Å². The number of fused-ring (bicyclic) bond motifs is 2. The summed E-state index contributed by atoms with van der Waals surface area (Å²) in [6.07, 6.45) is 1.69. The zero-order valence-corrected chi connectivity index (χ0v) is 17.4. The molecule has 0 saturated carbocycles. The first-order valence-electron chi connectivity index (χ1n) is 10.3. The lowest BCUT2D eigenvalue weighted by atomic mass is 10.1. The van der Waals surface area contributed by atoms with Gasteiger partial charge in [-0.15, -0.1) is 0 Å². The first kappa shape index (κ1) is 20.2. The second kappa shape index (κ2) is 8.37. The van der Waals surface area contributed by atoms with Gasteiger partial charge in [0.05, 0.1) is 32.8 Å². The molecule has 1 saturated heterocycles. The van der Waals surface area contributed by atoms with Crippen LogP contribution in [-0.4, -0.2) is 54.7 Å². The predicted octanol–water partition coefficient (Wildman–Crippen LogP) is -1.31. The Morgan fingerprint density at radius 1 is 1.40 bits per heavy atom. The van der Waals surface area contributed by atoms with E-state index in [1.54, 1.807) is 16.8 Å². The van der Waals surface area contributed by atoms with Crippen LogP contribution in [0, 0.1) is 6.92 Å². The Bertz CT molecular complexity index is 1170. The molecule has 1 aliphatic heterocycles. The van der Waals surface area contributed by atoms with Crippen LogP contribution in [0.1, 0.15) is 22.8 Å². The minimum absolute atomic E-state index is 0.215. The maximum atomic E-state index is 13.1. The van der Waals surface area contributed by atoms with Crippen molar-refractivity contribution < 1.29 is 19.0 Å². The van der Waals surface area contributed by atoms with Crippen molar-refractivity contribution in [2.45, 2.75) is 20.4 Å². The van der Waals surface area contributed by atoms with Crippen molar-refractivity contribution in [3.8, 4) is 0 Å². The van der Waals surface area contributed by atoms with Crippen LogP contribution in [0.4, 0.5) is 5.82 Å². The molecule has 0 bridgehead atoms. The zero-order valence-electron chi connectivity index (χ0n) is 17.4. The van der Waals surface area contributed by atoms with Gasteiger partial charge in [-0.3, -0.25) is 14.0 Å². The Morgan fingerprint density at radius 2 is 2.17 bits per heavy atom. The molecule has 9 nitrogen and oxygen atoms in total. The van der Waals surface area contributed by atoms with Crippen LogP contribution in [0.15, 0.2) is 29.2 Å². The zero-order chi connectivity index (χ0) is 21.3. The molecule has 0 atom stereocenters. The minimum atomic E-state index is -0.280. The lowest BCUT2D eigenvalue weighted by Gasteiger charge is -2.23.